The van der Waals surface area contributed by atoms with E-state index in [2.05, 4.69) is 5.32 Å². The Labute approximate surface area is 120 Å². The molecule has 1 fully saturated rings. The number of benzene rings is 1. The average Bonchev–Trinajstić information content (AvgIpc) is 2.52. The highest BCUT2D eigenvalue weighted by atomic mass is 16.2. The summed E-state index contributed by atoms with van der Waals surface area (Å²) in [7, 11) is 1.63. The summed E-state index contributed by atoms with van der Waals surface area (Å²) in [6.07, 6.45) is 3.98. The Morgan fingerprint density at radius 2 is 2.00 bits per heavy atom. The van der Waals surface area contributed by atoms with Crippen molar-refractivity contribution in [2.75, 3.05) is 13.6 Å². The lowest BCUT2D eigenvalue weighted by Gasteiger charge is -2.34. The number of rotatable bonds is 4. The minimum Gasteiger partial charge on any atom is -0.357 e. The van der Waals surface area contributed by atoms with Gasteiger partial charge in [-0.2, -0.15) is 0 Å². The summed E-state index contributed by atoms with van der Waals surface area (Å²) in [5.74, 6) is 0.0416. The lowest BCUT2D eigenvalue weighted by molar-refractivity contribution is -0.142. The molecular formula is C16H22N2O2. The van der Waals surface area contributed by atoms with Crippen LogP contribution in [0.2, 0.25) is 0 Å². The van der Waals surface area contributed by atoms with E-state index in [-0.39, 0.29) is 17.9 Å². The summed E-state index contributed by atoms with van der Waals surface area (Å²) in [5, 5.41) is 2.66. The fraction of sp³-hybridized carbons (Fsp3) is 0.500. The largest absolute Gasteiger partial charge is 0.357 e. The van der Waals surface area contributed by atoms with Crippen molar-refractivity contribution in [1.82, 2.24) is 10.2 Å². The van der Waals surface area contributed by atoms with E-state index >= 15 is 0 Å². The van der Waals surface area contributed by atoms with Crippen molar-refractivity contribution in [2.45, 2.75) is 38.1 Å². The van der Waals surface area contributed by atoms with Gasteiger partial charge in [0, 0.05) is 20.0 Å². The summed E-state index contributed by atoms with van der Waals surface area (Å²) in [5.41, 5.74) is 1.16. The zero-order valence-electron chi connectivity index (χ0n) is 12.0. The Morgan fingerprint density at radius 1 is 1.25 bits per heavy atom. The quantitative estimate of drug-likeness (QED) is 0.909. The SMILES string of the molecule is CNC(=O)C1CCCCN1C(=O)CCc1ccccc1. The molecule has 2 amide bonds. The molecule has 1 atom stereocenters. The number of aryl methyl sites for hydroxylation is 1. The molecule has 1 N–H and O–H groups in total. The van der Waals surface area contributed by atoms with Crippen molar-refractivity contribution < 1.29 is 9.59 Å². The van der Waals surface area contributed by atoms with Gasteiger partial charge in [0.1, 0.15) is 6.04 Å². The van der Waals surface area contributed by atoms with Gasteiger partial charge in [-0.25, -0.2) is 0 Å². The van der Waals surface area contributed by atoms with Gasteiger partial charge in [0.25, 0.3) is 0 Å². The molecular weight excluding hydrogens is 252 g/mol. The van der Waals surface area contributed by atoms with Crippen molar-refractivity contribution in [3.63, 3.8) is 0 Å². The van der Waals surface area contributed by atoms with Crippen molar-refractivity contribution in [1.29, 1.82) is 0 Å². The van der Waals surface area contributed by atoms with Gasteiger partial charge in [0.2, 0.25) is 11.8 Å². The number of amides is 2. The predicted octanol–water partition coefficient (Wildman–Crippen LogP) is 1.75. The molecule has 1 heterocycles. The van der Waals surface area contributed by atoms with Crippen LogP contribution in [0.4, 0.5) is 0 Å². The van der Waals surface area contributed by atoms with Crippen molar-refractivity contribution >= 4 is 11.8 Å². The van der Waals surface area contributed by atoms with Crippen LogP contribution < -0.4 is 5.32 Å². The fourth-order valence-electron chi connectivity index (χ4n) is 2.71. The van der Waals surface area contributed by atoms with E-state index in [0.29, 0.717) is 13.0 Å². The Hall–Kier alpha value is -1.84. The molecule has 1 saturated heterocycles. The highest BCUT2D eigenvalue weighted by molar-refractivity contribution is 5.87. The van der Waals surface area contributed by atoms with Crippen LogP contribution in [0.3, 0.4) is 0 Å². The number of nitrogens with zero attached hydrogens (tertiary/aromatic N) is 1. The van der Waals surface area contributed by atoms with Gasteiger partial charge in [-0.15, -0.1) is 0 Å². The topological polar surface area (TPSA) is 49.4 Å². The van der Waals surface area contributed by atoms with Gasteiger partial charge < -0.3 is 10.2 Å². The minimum atomic E-state index is -0.281. The molecule has 0 aliphatic carbocycles. The van der Waals surface area contributed by atoms with Gasteiger partial charge in [-0.05, 0) is 31.2 Å². The molecule has 1 aromatic rings. The molecule has 1 unspecified atom stereocenters. The van der Waals surface area contributed by atoms with E-state index in [4.69, 9.17) is 0 Å². The molecule has 0 aromatic heterocycles. The van der Waals surface area contributed by atoms with Gasteiger partial charge in [-0.1, -0.05) is 30.3 Å². The first-order chi connectivity index (χ1) is 9.72. The molecule has 0 radical (unpaired) electrons. The maximum atomic E-state index is 12.3. The molecule has 4 heteroatoms. The van der Waals surface area contributed by atoms with Crippen LogP contribution in [0.1, 0.15) is 31.2 Å². The first kappa shape index (κ1) is 14.6. The monoisotopic (exact) mass is 274 g/mol. The summed E-state index contributed by atoms with van der Waals surface area (Å²) in [6, 6.07) is 9.70. The third-order valence-corrected chi connectivity index (χ3v) is 3.84. The Balaban J connectivity index is 1.94. The van der Waals surface area contributed by atoms with Gasteiger partial charge in [0.15, 0.2) is 0 Å². The summed E-state index contributed by atoms with van der Waals surface area (Å²) in [6.45, 7) is 0.700. The summed E-state index contributed by atoms with van der Waals surface area (Å²) in [4.78, 5) is 26.0. The van der Waals surface area contributed by atoms with Gasteiger partial charge in [0.05, 0.1) is 0 Å². The Kier molecular flexibility index (Phi) is 5.16. The van der Waals surface area contributed by atoms with Crippen LogP contribution >= 0.6 is 0 Å². The van der Waals surface area contributed by atoms with Gasteiger partial charge >= 0.3 is 0 Å². The van der Waals surface area contributed by atoms with Crippen molar-refractivity contribution in [3.05, 3.63) is 35.9 Å². The summed E-state index contributed by atoms with van der Waals surface area (Å²) >= 11 is 0. The van der Waals surface area contributed by atoms with Crippen molar-refractivity contribution in [2.24, 2.45) is 0 Å². The second-order valence-corrected chi connectivity index (χ2v) is 5.20. The number of likely N-dealkylation sites (tertiary alicyclic amines) is 1. The smallest absolute Gasteiger partial charge is 0.242 e. The second-order valence-electron chi connectivity index (χ2n) is 5.20. The summed E-state index contributed by atoms with van der Waals surface area (Å²) < 4.78 is 0. The van der Waals surface area contributed by atoms with E-state index in [0.717, 1.165) is 31.2 Å². The maximum Gasteiger partial charge on any atom is 0.242 e. The third kappa shape index (κ3) is 3.59. The number of carbonyl (C=O) groups is 2. The lowest BCUT2D eigenvalue weighted by Crippen LogP contribution is -2.51. The molecule has 108 valence electrons. The van der Waals surface area contributed by atoms with E-state index in [1.165, 1.54) is 0 Å². The molecule has 0 spiro atoms. The number of piperidine rings is 1. The molecule has 1 aliphatic rings. The zero-order valence-corrected chi connectivity index (χ0v) is 12.0. The maximum absolute atomic E-state index is 12.3. The number of hydrogen-bond donors (Lipinski definition) is 1. The van der Waals surface area contributed by atoms with Crippen LogP contribution in [0.15, 0.2) is 30.3 Å². The highest BCUT2D eigenvalue weighted by Gasteiger charge is 2.30. The number of nitrogens with one attached hydrogen (secondary N) is 1. The fourth-order valence-corrected chi connectivity index (χ4v) is 2.71. The second kappa shape index (κ2) is 7.08. The predicted molar refractivity (Wildman–Crippen MR) is 78.2 cm³/mol. The standard InChI is InChI=1S/C16H22N2O2/c1-17-16(20)14-9-5-6-12-18(14)15(19)11-10-13-7-3-2-4-8-13/h2-4,7-8,14H,5-6,9-12H2,1H3,(H,17,20). The first-order valence-corrected chi connectivity index (χ1v) is 7.27. The van der Waals surface area contributed by atoms with E-state index in [1.54, 1.807) is 11.9 Å². The van der Waals surface area contributed by atoms with Crippen LogP contribution in [-0.4, -0.2) is 36.3 Å². The first-order valence-electron chi connectivity index (χ1n) is 7.27. The molecule has 4 nitrogen and oxygen atoms in total. The third-order valence-electron chi connectivity index (χ3n) is 3.84. The Bertz CT molecular complexity index is 459. The van der Waals surface area contributed by atoms with Crippen LogP contribution in [0.5, 0.6) is 0 Å². The van der Waals surface area contributed by atoms with Crippen LogP contribution in [0, 0.1) is 0 Å². The Morgan fingerprint density at radius 3 is 2.70 bits per heavy atom. The van der Waals surface area contributed by atoms with Crippen molar-refractivity contribution in [3.8, 4) is 0 Å². The zero-order chi connectivity index (χ0) is 14.4. The average molecular weight is 274 g/mol. The number of hydrogen-bond acceptors (Lipinski definition) is 2. The number of likely N-dealkylation sites (N-methyl/N-ethyl adjacent to an activating group) is 1. The molecule has 20 heavy (non-hydrogen) atoms. The minimum absolute atomic E-state index is 0.0437. The van der Waals surface area contributed by atoms with E-state index < -0.39 is 0 Å². The molecule has 1 aromatic carbocycles. The molecule has 0 saturated carbocycles. The normalized spacial score (nSPS) is 18.6. The van der Waals surface area contributed by atoms with Gasteiger partial charge in [-0.3, -0.25) is 9.59 Å². The lowest BCUT2D eigenvalue weighted by atomic mass is 10.00. The van der Waals surface area contributed by atoms with Crippen LogP contribution in [-0.2, 0) is 16.0 Å². The molecule has 0 bridgehead atoms. The highest BCUT2D eigenvalue weighted by Crippen LogP contribution is 2.18. The molecule has 1 aliphatic heterocycles. The van der Waals surface area contributed by atoms with E-state index in [1.807, 2.05) is 30.3 Å². The molecule has 2 rings (SSSR count). The van der Waals surface area contributed by atoms with E-state index in [9.17, 15) is 9.59 Å². The number of carbonyl (C=O) groups excluding carboxylic acids is 2. The van der Waals surface area contributed by atoms with Crippen LogP contribution in [0.25, 0.3) is 0 Å².